The van der Waals surface area contributed by atoms with Gasteiger partial charge in [-0.15, -0.1) is 0 Å². The summed E-state index contributed by atoms with van der Waals surface area (Å²) in [4.78, 5) is 12.0. The van der Waals surface area contributed by atoms with E-state index >= 15 is 0 Å². The summed E-state index contributed by atoms with van der Waals surface area (Å²) < 4.78 is 7.06. The maximum Gasteiger partial charge on any atom is 0.277 e. The Hall–Kier alpha value is -4.43. The first-order valence-electron chi connectivity index (χ1n) is 9.15. The molecule has 0 radical (unpaired) electrons. The third kappa shape index (κ3) is 5.31. The number of rotatable bonds is 8. The number of carbonyl (C=O) groups excluding carboxylic acids is 1. The number of amides is 1. The molecule has 0 saturated heterocycles. The highest BCUT2D eigenvalue weighted by atomic mass is 16.5. The molecule has 0 fully saturated rings. The lowest BCUT2D eigenvalue weighted by atomic mass is 10.1. The minimum absolute atomic E-state index is 0.275. The highest BCUT2D eigenvalue weighted by Gasteiger charge is 2.10. The molecule has 148 valence electrons. The summed E-state index contributed by atoms with van der Waals surface area (Å²) >= 11 is 0. The average molecular weight is 398 g/mol. The van der Waals surface area contributed by atoms with Crippen LogP contribution < -0.4 is 10.2 Å². The zero-order chi connectivity index (χ0) is 21.2. The van der Waals surface area contributed by atoms with E-state index < -0.39 is 5.91 Å². The molecule has 0 saturated carbocycles. The van der Waals surface area contributed by atoms with E-state index in [0.29, 0.717) is 35.5 Å². The second-order valence-corrected chi connectivity index (χ2v) is 6.16. The number of hydrogen-bond donors (Lipinski definition) is 1. The molecule has 0 aliphatic heterocycles. The maximum absolute atomic E-state index is 12.0. The van der Waals surface area contributed by atoms with Gasteiger partial charge in [0.25, 0.3) is 5.91 Å². The summed E-state index contributed by atoms with van der Waals surface area (Å²) in [6.07, 6.45) is 3.61. The number of hydrogen-bond acceptors (Lipinski definition) is 6. The summed E-state index contributed by atoms with van der Waals surface area (Å²) in [5.74, 6) is -0.124. The smallest absolute Gasteiger partial charge is 0.277 e. The van der Waals surface area contributed by atoms with E-state index in [0.717, 1.165) is 5.56 Å². The van der Waals surface area contributed by atoms with Gasteiger partial charge >= 0.3 is 0 Å². The van der Waals surface area contributed by atoms with Gasteiger partial charge in [-0.05, 0) is 12.1 Å². The summed E-state index contributed by atoms with van der Waals surface area (Å²) in [7, 11) is 0. The molecular formula is C22H18N6O2. The predicted molar refractivity (Wildman–Crippen MR) is 110 cm³/mol. The molecular weight excluding hydrogens is 380 g/mol. The van der Waals surface area contributed by atoms with Crippen LogP contribution in [0.15, 0.2) is 65.9 Å². The Kier molecular flexibility index (Phi) is 6.91. The first kappa shape index (κ1) is 20.3. The largest absolute Gasteiger partial charge is 0.482 e. The zero-order valence-electron chi connectivity index (χ0n) is 16.0. The molecule has 8 heteroatoms. The molecule has 0 unspecified atom stereocenters. The second kappa shape index (κ2) is 10.2. The molecule has 1 amide bonds. The van der Waals surface area contributed by atoms with E-state index in [4.69, 9.17) is 15.3 Å². The lowest BCUT2D eigenvalue weighted by molar-refractivity contribution is -0.123. The van der Waals surface area contributed by atoms with Crippen molar-refractivity contribution in [3.8, 4) is 29.1 Å². The van der Waals surface area contributed by atoms with Crippen LogP contribution in [0.2, 0.25) is 0 Å². The molecule has 8 nitrogen and oxygen atoms in total. The molecule has 0 aliphatic rings. The lowest BCUT2D eigenvalue weighted by Crippen LogP contribution is -2.24. The van der Waals surface area contributed by atoms with E-state index in [-0.39, 0.29) is 6.61 Å². The van der Waals surface area contributed by atoms with Gasteiger partial charge in [-0.2, -0.15) is 20.7 Å². The van der Waals surface area contributed by atoms with E-state index in [9.17, 15) is 4.79 Å². The summed E-state index contributed by atoms with van der Waals surface area (Å²) in [5.41, 5.74) is 5.06. The number of nitriles is 2. The summed E-state index contributed by atoms with van der Waals surface area (Å²) in [5, 5.41) is 26.3. The van der Waals surface area contributed by atoms with Crippen molar-refractivity contribution in [3.63, 3.8) is 0 Å². The fourth-order valence-electron chi connectivity index (χ4n) is 2.66. The average Bonchev–Trinajstić information content (AvgIpc) is 3.20. The van der Waals surface area contributed by atoms with Crippen LogP contribution in [0.4, 0.5) is 0 Å². The van der Waals surface area contributed by atoms with Crippen molar-refractivity contribution >= 4 is 12.1 Å². The molecule has 1 N–H and O–H groups in total. The topological polar surface area (TPSA) is 116 Å². The second-order valence-electron chi connectivity index (χ2n) is 6.16. The normalized spacial score (nSPS) is 10.3. The van der Waals surface area contributed by atoms with Crippen molar-refractivity contribution in [2.45, 2.75) is 13.0 Å². The van der Waals surface area contributed by atoms with Crippen LogP contribution in [0.25, 0.3) is 11.3 Å². The number of ether oxygens (including phenoxy) is 1. The Balaban J connectivity index is 1.66. The van der Waals surface area contributed by atoms with E-state index in [2.05, 4.69) is 21.7 Å². The first-order chi connectivity index (χ1) is 14.7. The van der Waals surface area contributed by atoms with Crippen LogP contribution in [0.5, 0.6) is 5.75 Å². The van der Waals surface area contributed by atoms with Gasteiger partial charge in [0, 0.05) is 17.3 Å². The Morgan fingerprint density at radius 3 is 2.70 bits per heavy atom. The molecule has 1 aromatic heterocycles. The van der Waals surface area contributed by atoms with Crippen molar-refractivity contribution in [1.82, 2.24) is 15.2 Å². The molecule has 3 aromatic rings. The van der Waals surface area contributed by atoms with Crippen LogP contribution in [0.1, 0.15) is 17.5 Å². The van der Waals surface area contributed by atoms with E-state index in [1.807, 2.05) is 36.4 Å². The number of hydrazone groups is 1. The Morgan fingerprint density at radius 2 is 1.93 bits per heavy atom. The Bertz CT molecular complexity index is 1120. The van der Waals surface area contributed by atoms with Gasteiger partial charge in [0.1, 0.15) is 17.5 Å². The monoisotopic (exact) mass is 398 g/mol. The molecule has 0 atom stereocenters. The summed E-state index contributed by atoms with van der Waals surface area (Å²) in [6, 6.07) is 20.3. The third-order valence-electron chi connectivity index (χ3n) is 4.05. The third-order valence-corrected chi connectivity index (χ3v) is 4.05. The Labute approximate surface area is 173 Å². The number of aromatic nitrogens is 2. The van der Waals surface area contributed by atoms with Crippen molar-refractivity contribution in [3.05, 3.63) is 71.9 Å². The lowest BCUT2D eigenvalue weighted by Gasteiger charge is -2.06. The molecule has 0 bridgehead atoms. The van der Waals surface area contributed by atoms with Crippen LogP contribution >= 0.6 is 0 Å². The number of nitrogens with zero attached hydrogens (tertiary/aromatic N) is 5. The standard InChI is InChI=1S/C22H18N6O2/c23-11-6-12-28-15-19(22(27-28)17-7-2-1-3-8-17)14-25-26-21(29)16-30-20-10-5-4-9-18(20)13-24/h1-5,7-10,14-15H,6,12,16H2,(H,26,29)/b25-14-. The number of para-hydroxylation sites is 1. The van der Waals surface area contributed by atoms with Crippen LogP contribution in [0, 0.1) is 22.7 Å². The molecule has 0 aliphatic carbocycles. The van der Waals surface area contributed by atoms with E-state index in [1.54, 1.807) is 35.1 Å². The number of carbonyl (C=O) groups is 1. The van der Waals surface area contributed by atoms with Gasteiger partial charge in [-0.1, -0.05) is 42.5 Å². The minimum atomic E-state index is -0.461. The highest BCUT2D eigenvalue weighted by molar-refractivity contribution is 5.89. The fourth-order valence-corrected chi connectivity index (χ4v) is 2.66. The quantitative estimate of drug-likeness (QED) is 0.463. The molecule has 30 heavy (non-hydrogen) atoms. The van der Waals surface area contributed by atoms with Gasteiger partial charge < -0.3 is 4.74 Å². The van der Waals surface area contributed by atoms with Gasteiger partial charge in [0.15, 0.2) is 6.61 Å². The predicted octanol–water partition coefficient (Wildman–Crippen LogP) is 2.86. The summed E-state index contributed by atoms with van der Waals surface area (Å²) in [6.45, 7) is 0.186. The van der Waals surface area contributed by atoms with Gasteiger partial charge in [-0.25, -0.2) is 5.43 Å². The van der Waals surface area contributed by atoms with Gasteiger partial charge in [0.2, 0.25) is 0 Å². The van der Waals surface area contributed by atoms with E-state index in [1.165, 1.54) is 6.21 Å². The van der Waals surface area contributed by atoms with Crippen LogP contribution in [-0.4, -0.2) is 28.5 Å². The number of aryl methyl sites for hydroxylation is 1. The fraction of sp³-hybridized carbons (Fsp3) is 0.136. The van der Waals surface area contributed by atoms with Crippen molar-refractivity contribution in [2.24, 2.45) is 5.10 Å². The number of nitrogens with one attached hydrogen (secondary N) is 1. The van der Waals surface area contributed by atoms with Gasteiger partial charge in [0.05, 0.1) is 30.8 Å². The first-order valence-corrected chi connectivity index (χ1v) is 9.15. The minimum Gasteiger partial charge on any atom is -0.482 e. The maximum atomic E-state index is 12.0. The molecule has 1 heterocycles. The highest BCUT2D eigenvalue weighted by Crippen LogP contribution is 2.20. The van der Waals surface area contributed by atoms with Gasteiger partial charge in [-0.3, -0.25) is 9.48 Å². The molecule has 3 rings (SSSR count). The Morgan fingerprint density at radius 1 is 1.17 bits per heavy atom. The number of benzene rings is 2. The van der Waals surface area contributed by atoms with Crippen molar-refractivity contribution in [1.29, 1.82) is 10.5 Å². The van der Waals surface area contributed by atoms with Crippen LogP contribution in [-0.2, 0) is 11.3 Å². The SMILES string of the molecule is N#CCCn1cc(/C=N\NC(=O)COc2ccccc2C#N)c(-c2ccccc2)n1. The zero-order valence-corrected chi connectivity index (χ0v) is 16.0. The molecule has 2 aromatic carbocycles. The molecule has 0 spiro atoms. The van der Waals surface area contributed by atoms with Crippen molar-refractivity contribution < 1.29 is 9.53 Å². The van der Waals surface area contributed by atoms with Crippen LogP contribution in [0.3, 0.4) is 0 Å². The van der Waals surface area contributed by atoms with Crippen molar-refractivity contribution in [2.75, 3.05) is 6.61 Å².